The van der Waals surface area contributed by atoms with Gasteiger partial charge in [-0.25, -0.2) is 0 Å². The highest BCUT2D eigenvalue weighted by molar-refractivity contribution is 7.99. The molecule has 0 heterocycles. The lowest BCUT2D eigenvalue weighted by Gasteiger charge is -2.24. The second kappa shape index (κ2) is 12.3. The lowest BCUT2D eigenvalue weighted by molar-refractivity contribution is 0.364. The Labute approximate surface area is 120 Å². The van der Waals surface area contributed by atoms with Crippen LogP contribution in [0.4, 0.5) is 0 Å². The van der Waals surface area contributed by atoms with Crippen molar-refractivity contribution in [2.75, 3.05) is 12.3 Å². The van der Waals surface area contributed by atoms with Crippen LogP contribution in [-0.4, -0.2) is 23.6 Å². The van der Waals surface area contributed by atoms with E-state index in [9.17, 15) is 0 Å². The van der Waals surface area contributed by atoms with Gasteiger partial charge in [0.05, 0.1) is 0 Å². The van der Waals surface area contributed by atoms with E-state index in [0.717, 1.165) is 17.2 Å². The summed E-state index contributed by atoms with van der Waals surface area (Å²) in [5, 5.41) is 4.50. The third-order valence-electron chi connectivity index (χ3n) is 3.47. The van der Waals surface area contributed by atoms with E-state index in [1.165, 1.54) is 50.8 Å². The fourth-order valence-corrected chi connectivity index (χ4v) is 3.12. The summed E-state index contributed by atoms with van der Waals surface area (Å²) < 4.78 is 0. The van der Waals surface area contributed by atoms with Crippen molar-refractivity contribution in [2.45, 2.75) is 84.4 Å². The quantitative estimate of drug-likeness (QED) is 0.531. The maximum absolute atomic E-state index is 3.75. The molecule has 0 aliphatic heterocycles. The van der Waals surface area contributed by atoms with E-state index in [-0.39, 0.29) is 0 Å². The van der Waals surface area contributed by atoms with Gasteiger partial charge in [0.15, 0.2) is 0 Å². The molecule has 1 nitrogen and oxygen atoms in total. The molecule has 0 aliphatic rings. The van der Waals surface area contributed by atoms with Crippen LogP contribution in [0.15, 0.2) is 0 Å². The first-order valence-corrected chi connectivity index (χ1v) is 9.03. The first-order chi connectivity index (χ1) is 8.63. The lowest BCUT2D eigenvalue weighted by Crippen LogP contribution is -2.34. The number of unbranched alkanes of at least 4 members (excludes halogenated alkanes) is 1. The predicted molar refractivity (Wildman–Crippen MR) is 87.6 cm³/mol. The van der Waals surface area contributed by atoms with E-state index in [2.05, 4.69) is 51.7 Å². The maximum Gasteiger partial charge on any atom is 0.0160 e. The van der Waals surface area contributed by atoms with E-state index in [1.54, 1.807) is 0 Å². The van der Waals surface area contributed by atoms with Gasteiger partial charge in [0.25, 0.3) is 0 Å². The molecule has 0 aliphatic carbocycles. The highest BCUT2D eigenvalue weighted by Crippen LogP contribution is 2.21. The SMILES string of the molecule is CCCCC(CC)CC(CSC(C)C)NCCC. The van der Waals surface area contributed by atoms with Crippen molar-refractivity contribution in [3.63, 3.8) is 0 Å². The Hall–Kier alpha value is 0.310. The average Bonchev–Trinajstić information content (AvgIpc) is 2.36. The van der Waals surface area contributed by atoms with Crippen molar-refractivity contribution < 1.29 is 0 Å². The van der Waals surface area contributed by atoms with Crippen LogP contribution in [0.2, 0.25) is 0 Å². The zero-order chi connectivity index (χ0) is 13.8. The zero-order valence-corrected chi connectivity index (χ0v) is 14.1. The number of thioether (sulfide) groups is 1. The first kappa shape index (κ1) is 18.3. The standard InChI is InChI=1S/C16H35NS/c1-6-9-10-15(8-3)12-16(17-11-7-2)13-18-14(4)5/h14-17H,6-13H2,1-5H3. The molecule has 0 aromatic carbocycles. The summed E-state index contributed by atoms with van der Waals surface area (Å²) in [6, 6.07) is 0.721. The van der Waals surface area contributed by atoms with Crippen molar-refractivity contribution in [2.24, 2.45) is 5.92 Å². The van der Waals surface area contributed by atoms with Crippen LogP contribution < -0.4 is 5.32 Å². The average molecular weight is 274 g/mol. The van der Waals surface area contributed by atoms with Gasteiger partial charge in [0.2, 0.25) is 0 Å². The van der Waals surface area contributed by atoms with E-state index >= 15 is 0 Å². The fourth-order valence-electron chi connectivity index (χ4n) is 2.25. The van der Waals surface area contributed by atoms with Crippen LogP contribution in [-0.2, 0) is 0 Å². The third-order valence-corrected chi connectivity index (χ3v) is 4.74. The van der Waals surface area contributed by atoms with Gasteiger partial charge in [-0.3, -0.25) is 0 Å². The van der Waals surface area contributed by atoms with Gasteiger partial charge in [-0.2, -0.15) is 11.8 Å². The normalized spacial score (nSPS) is 15.0. The fraction of sp³-hybridized carbons (Fsp3) is 1.00. The van der Waals surface area contributed by atoms with Gasteiger partial charge >= 0.3 is 0 Å². The molecule has 0 radical (unpaired) electrons. The van der Waals surface area contributed by atoms with E-state index in [1.807, 2.05) is 0 Å². The molecule has 0 spiro atoms. The molecule has 0 fully saturated rings. The summed E-state index contributed by atoms with van der Waals surface area (Å²) in [6.07, 6.45) is 8.12. The molecule has 1 N–H and O–H groups in total. The minimum absolute atomic E-state index is 0.721. The van der Waals surface area contributed by atoms with Crippen LogP contribution in [0.25, 0.3) is 0 Å². The second-order valence-electron chi connectivity index (χ2n) is 5.69. The van der Waals surface area contributed by atoms with Gasteiger partial charge in [-0.1, -0.05) is 60.3 Å². The molecule has 0 aromatic rings. The molecule has 2 heteroatoms. The molecular weight excluding hydrogens is 238 g/mol. The van der Waals surface area contributed by atoms with Crippen LogP contribution in [0.5, 0.6) is 0 Å². The Kier molecular flexibility index (Phi) is 12.6. The van der Waals surface area contributed by atoms with Crippen LogP contribution in [0.3, 0.4) is 0 Å². The summed E-state index contributed by atoms with van der Waals surface area (Å²) >= 11 is 2.10. The Morgan fingerprint density at radius 1 is 1.06 bits per heavy atom. The highest BCUT2D eigenvalue weighted by atomic mass is 32.2. The number of nitrogens with one attached hydrogen (secondary N) is 1. The molecule has 0 saturated carbocycles. The molecule has 2 atom stereocenters. The molecule has 0 saturated heterocycles. The summed E-state index contributed by atoms with van der Waals surface area (Å²) in [5.74, 6) is 2.20. The van der Waals surface area contributed by atoms with Crippen molar-refractivity contribution >= 4 is 11.8 Å². The minimum Gasteiger partial charge on any atom is -0.313 e. The zero-order valence-electron chi connectivity index (χ0n) is 13.3. The molecule has 18 heavy (non-hydrogen) atoms. The Morgan fingerprint density at radius 3 is 2.28 bits per heavy atom. The first-order valence-electron chi connectivity index (χ1n) is 7.98. The monoisotopic (exact) mass is 273 g/mol. The van der Waals surface area contributed by atoms with Crippen LogP contribution in [0.1, 0.15) is 73.1 Å². The summed E-state index contributed by atoms with van der Waals surface area (Å²) in [4.78, 5) is 0. The van der Waals surface area contributed by atoms with Gasteiger partial charge < -0.3 is 5.32 Å². The van der Waals surface area contributed by atoms with Crippen molar-refractivity contribution in [3.8, 4) is 0 Å². The number of hydrogen-bond donors (Lipinski definition) is 1. The summed E-state index contributed by atoms with van der Waals surface area (Å²) in [5.41, 5.74) is 0. The maximum atomic E-state index is 3.75. The lowest BCUT2D eigenvalue weighted by atomic mass is 9.92. The molecule has 0 rings (SSSR count). The Balaban J connectivity index is 4.07. The van der Waals surface area contributed by atoms with Crippen molar-refractivity contribution in [1.29, 1.82) is 0 Å². The highest BCUT2D eigenvalue weighted by Gasteiger charge is 2.15. The molecule has 2 unspecified atom stereocenters. The van der Waals surface area contributed by atoms with Gasteiger partial charge in [0, 0.05) is 11.8 Å². The van der Waals surface area contributed by atoms with E-state index in [0.29, 0.717) is 0 Å². The number of hydrogen-bond acceptors (Lipinski definition) is 2. The summed E-state index contributed by atoms with van der Waals surface area (Å²) in [6.45, 7) is 12.7. The van der Waals surface area contributed by atoms with Crippen LogP contribution in [0, 0.1) is 5.92 Å². The third kappa shape index (κ3) is 10.3. The minimum atomic E-state index is 0.721. The second-order valence-corrected chi connectivity index (χ2v) is 7.29. The smallest absolute Gasteiger partial charge is 0.0160 e. The topological polar surface area (TPSA) is 12.0 Å². The van der Waals surface area contributed by atoms with Crippen molar-refractivity contribution in [3.05, 3.63) is 0 Å². The predicted octanol–water partition coefficient (Wildman–Crippen LogP) is 5.10. The Morgan fingerprint density at radius 2 is 1.78 bits per heavy atom. The summed E-state index contributed by atoms with van der Waals surface area (Å²) in [7, 11) is 0. The van der Waals surface area contributed by atoms with Gasteiger partial charge in [-0.15, -0.1) is 0 Å². The largest absolute Gasteiger partial charge is 0.313 e. The Bertz CT molecular complexity index is 170. The van der Waals surface area contributed by atoms with Crippen LogP contribution >= 0.6 is 11.8 Å². The molecule has 0 aromatic heterocycles. The van der Waals surface area contributed by atoms with E-state index in [4.69, 9.17) is 0 Å². The van der Waals surface area contributed by atoms with E-state index < -0.39 is 0 Å². The molecular formula is C16H35NS. The number of rotatable bonds is 12. The molecule has 0 bridgehead atoms. The molecule has 0 amide bonds. The molecule has 110 valence electrons. The van der Waals surface area contributed by atoms with Crippen molar-refractivity contribution in [1.82, 2.24) is 5.32 Å². The van der Waals surface area contributed by atoms with Gasteiger partial charge in [0.1, 0.15) is 0 Å². The van der Waals surface area contributed by atoms with Gasteiger partial charge in [-0.05, 0) is 30.6 Å².